The zero-order chi connectivity index (χ0) is 26.8. The van der Waals surface area contributed by atoms with Crippen LogP contribution in [-0.4, -0.2) is 52.1 Å². The smallest absolute Gasteiger partial charge is 0.408 e. The molecule has 0 spiro atoms. The Hall–Kier alpha value is -2.77. The normalized spacial score (nSPS) is 14.1. The van der Waals surface area contributed by atoms with Crippen molar-refractivity contribution in [1.82, 2.24) is 15.5 Å². The second-order valence-electron chi connectivity index (χ2n) is 10.3. The second-order valence-corrected chi connectivity index (χ2v) is 10.3. The van der Waals surface area contributed by atoms with Crippen LogP contribution >= 0.6 is 0 Å². The van der Waals surface area contributed by atoms with Crippen molar-refractivity contribution in [2.24, 2.45) is 5.92 Å². The molecule has 3 unspecified atom stereocenters. The number of hydrogen-bond acceptors (Lipinski definition) is 5. The van der Waals surface area contributed by atoms with Crippen LogP contribution in [0.5, 0.6) is 5.75 Å². The van der Waals surface area contributed by atoms with Crippen LogP contribution in [-0.2, 0) is 14.3 Å². The summed E-state index contributed by atoms with van der Waals surface area (Å²) >= 11 is 0. The highest BCUT2D eigenvalue weighted by molar-refractivity contribution is 5.92. The number of nitrogens with one attached hydrogen (secondary N) is 2. The standard InChI is InChI=1S/C27H45N3O5/c1-9-11-12-17-28-24(32)23(20-13-15-21(31)16-14-20)30(18(3)4)25(33)22(19(5)10-2)29-26(34)35-27(6,7)8/h13-16,18-19,22-23,31H,9-12,17H2,1-8H3,(H,28,32)(H,29,34). The molecule has 0 aliphatic heterocycles. The van der Waals surface area contributed by atoms with Crippen LogP contribution in [0.2, 0.25) is 0 Å². The van der Waals surface area contributed by atoms with Gasteiger partial charge in [-0.25, -0.2) is 4.79 Å². The first-order valence-corrected chi connectivity index (χ1v) is 12.7. The van der Waals surface area contributed by atoms with Crippen molar-refractivity contribution >= 4 is 17.9 Å². The summed E-state index contributed by atoms with van der Waals surface area (Å²) in [4.78, 5) is 41.5. The average Bonchev–Trinajstić information content (AvgIpc) is 2.77. The quantitative estimate of drug-likeness (QED) is 0.360. The van der Waals surface area contributed by atoms with Crippen LogP contribution in [0.1, 0.15) is 92.7 Å². The molecule has 8 heteroatoms. The molecule has 0 aromatic heterocycles. The summed E-state index contributed by atoms with van der Waals surface area (Å²) in [6.45, 7) is 15.4. The molecular weight excluding hydrogens is 446 g/mol. The summed E-state index contributed by atoms with van der Waals surface area (Å²) in [5, 5.41) is 15.5. The largest absolute Gasteiger partial charge is 0.508 e. The first-order valence-electron chi connectivity index (χ1n) is 12.7. The lowest BCUT2D eigenvalue weighted by Gasteiger charge is -2.38. The molecule has 35 heavy (non-hydrogen) atoms. The maximum Gasteiger partial charge on any atom is 0.408 e. The number of unbranched alkanes of at least 4 members (excludes halogenated alkanes) is 2. The van der Waals surface area contributed by atoms with Gasteiger partial charge in [-0.15, -0.1) is 0 Å². The molecule has 0 heterocycles. The number of carbonyl (C=O) groups is 3. The number of aromatic hydroxyl groups is 1. The van der Waals surface area contributed by atoms with E-state index < -0.39 is 23.8 Å². The van der Waals surface area contributed by atoms with Gasteiger partial charge in [-0.2, -0.15) is 0 Å². The summed E-state index contributed by atoms with van der Waals surface area (Å²) in [7, 11) is 0. The number of phenolic OH excluding ortho intramolecular Hbond substituents is 1. The van der Waals surface area contributed by atoms with Gasteiger partial charge in [-0.3, -0.25) is 9.59 Å². The number of phenols is 1. The molecule has 0 fully saturated rings. The predicted octanol–water partition coefficient (Wildman–Crippen LogP) is 4.92. The Labute approximate surface area is 210 Å². The van der Waals surface area contributed by atoms with E-state index in [1.165, 1.54) is 17.0 Å². The topological polar surface area (TPSA) is 108 Å². The van der Waals surface area contributed by atoms with E-state index in [0.29, 0.717) is 18.5 Å². The summed E-state index contributed by atoms with van der Waals surface area (Å²) in [5.41, 5.74) is -0.129. The number of amides is 3. The molecule has 1 aromatic carbocycles. The number of alkyl carbamates (subject to hydrolysis) is 1. The monoisotopic (exact) mass is 491 g/mol. The summed E-state index contributed by atoms with van der Waals surface area (Å²) < 4.78 is 5.41. The lowest BCUT2D eigenvalue weighted by molar-refractivity contribution is -0.145. The highest BCUT2D eigenvalue weighted by Crippen LogP contribution is 2.28. The van der Waals surface area contributed by atoms with Gasteiger partial charge in [0.15, 0.2) is 0 Å². The van der Waals surface area contributed by atoms with Crippen molar-refractivity contribution in [1.29, 1.82) is 0 Å². The highest BCUT2D eigenvalue weighted by atomic mass is 16.6. The Bertz CT molecular complexity index is 817. The molecule has 0 saturated heterocycles. The molecule has 0 aliphatic rings. The molecule has 3 N–H and O–H groups in total. The number of rotatable bonds is 12. The third-order valence-corrected chi connectivity index (χ3v) is 5.78. The minimum atomic E-state index is -0.920. The first-order chi connectivity index (χ1) is 16.3. The fourth-order valence-corrected chi connectivity index (χ4v) is 3.74. The molecule has 8 nitrogen and oxygen atoms in total. The van der Waals surface area contributed by atoms with Gasteiger partial charge in [0.1, 0.15) is 23.4 Å². The molecule has 0 aliphatic carbocycles. The number of carbonyl (C=O) groups excluding carboxylic acids is 3. The second kappa shape index (κ2) is 14.0. The molecule has 0 saturated carbocycles. The van der Waals surface area contributed by atoms with Crippen molar-refractivity contribution < 1.29 is 24.2 Å². The molecule has 0 bridgehead atoms. The summed E-state index contributed by atoms with van der Waals surface area (Å²) in [6, 6.07) is 4.17. The Morgan fingerprint density at radius 1 is 1.03 bits per heavy atom. The van der Waals surface area contributed by atoms with Crippen LogP contribution in [0.3, 0.4) is 0 Å². The van der Waals surface area contributed by atoms with E-state index in [4.69, 9.17) is 4.74 Å². The molecule has 3 atom stereocenters. The van der Waals surface area contributed by atoms with Gasteiger partial charge < -0.3 is 25.4 Å². The Morgan fingerprint density at radius 3 is 2.11 bits per heavy atom. The highest BCUT2D eigenvalue weighted by Gasteiger charge is 2.39. The van der Waals surface area contributed by atoms with Crippen molar-refractivity contribution in [3.63, 3.8) is 0 Å². The zero-order valence-corrected chi connectivity index (χ0v) is 22.7. The van der Waals surface area contributed by atoms with Crippen LogP contribution < -0.4 is 10.6 Å². The van der Waals surface area contributed by atoms with Crippen LogP contribution in [0.25, 0.3) is 0 Å². The lowest BCUT2D eigenvalue weighted by Crippen LogP contribution is -2.57. The molecule has 0 radical (unpaired) electrons. The van der Waals surface area contributed by atoms with Gasteiger partial charge in [0, 0.05) is 12.6 Å². The number of nitrogens with zero attached hydrogens (tertiary/aromatic N) is 1. The minimum absolute atomic E-state index is 0.0716. The van der Waals surface area contributed by atoms with E-state index in [1.54, 1.807) is 32.9 Å². The molecule has 3 amide bonds. The molecule has 1 aromatic rings. The van der Waals surface area contributed by atoms with Crippen molar-refractivity contribution in [3.8, 4) is 5.75 Å². The maximum absolute atomic E-state index is 14.0. The van der Waals surface area contributed by atoms with Crippen molar-refractivity contribution in [3.05, 3.63) is 29.8 Å². The van der Waals surface area contributed by atoms with E-state index in [1.807, 2.05) is 27.7 Å². The van der Waals surface area contributed by atoms with E-state index in [-0.39, 0.29) is 29.5 Å². The molecular formula is C27H45N3O5. The number of benzene rings is 1. The Kier molecular flexibility index (Phi) is 12.1. The van der Waals surface area contributed by atoms with Gasteiger partial charge in [-0.1, -0.05) is 52.2 Å². The predicted molar refractivity (Wildman–Crippen MR) is 138 cm³/mol. The fraction of sp³-hybridized carbons (Fsp3) is 0.667. The third-order valence-electron chi connectivity index (χ3n) is 5.78. The maximum atomic E-state index is 14.0. The Balaban J connectivity index is 3.38. The van der Waals surface area contributed by atoms with Crippen molar-refractivity contribution in [2.75, 3.05) is 6.54 Å². The van der Waals surface area contributed by atoms with Gasteiger partial charge >= 0.3 is 6.09 Å². The van der Waals surface area contributed by atoms with Gasteiger partial charge in [0.05, 0.1) is 0 Å². The van der Waals surface area contributed by atoms with Crippen molar-refractivity contribution in [2.45, 2.75) is 105 Å². The number of ether oxygens (including phenoxy) is 1. The zero-order valence-electron chi connectivity index (χ0n) is 22.7. The van der Waals surface area contributed by atoms with E-state index in [0.717, 1.165) is 19.3 Å². The minimum Gasteiger partial charge on any atom is -0.508 e. The van der Waals surface area contributed by atoms with Crippen LogP contribution in [0.15, 0.2) is 24.3 Å². The molecule has 1 rings (SSSR count). The number of hydrogen-bond donors (Lipinski definition) is 3. The molecule has 198 valence electrons. The Morgan fingerprint density at radius 2 is 1.63 bits per heavy atom. The van der Waals surface area contributed by atoms with Crippen LogP contribution in [0, 0.1) is 5.92 Å². The lowest BCUT2D eigenvalue weighted by atomic mass is 9.95. The van der Waals surface area contributed by atoms with Gasteiger partial charge in [0.25, 0.3) is 0 Å². The van der Waals surface area contributed by atoms with E-state index in [2.05, 4.69) is 17.6 Å². The van der Waals surface area contributed by atoms with E-state index in [9.17, 15) is 19.5 Å². The van der Waals surface area contributed by atoms with Crippen LogP contribution in [0.4, 0.5) is 4.79 Å². The average molecular weight is 492 g/mol. The van der Waals surface area contributed by atoms with Gasteiger partial charge in [0.2, 0.25) is 11.8 Å². The summed E-state index contributed by atoms with van der Waals surface area (Å²) in [6.07, 6.45) is 2.83. The summed E-state index contributed by atoms with van der Waals surface area (Å²) in [5.74, 6) is -0.775. The first kappa shape index (κ1) is 30.3. The van der Waals surface area contributed by atoms with Gasteiger partial charge in [-0.05, 0) is 64.7 Å². The SMILES string of the molecule is CCCCCNC(=O)C(c1ccc(O)cc1)N(C(=O)C(NC(=O)OC(C)(C)C)C(C)CC)C(C)C. The fourth-order valence-electron chi connectivity index (χ4n) is 3.74. The third kappa shape index (κ3) is 9.78. The van der Waals surface area contributed by atoms with E-state index >= 15 is 0 Å².